The van der Waals surface area contributed by atoms with Crippen LogP contribution in [0.1, 0.15) is 131 Å². The summed E-state index contributed by atoms with van der Waals surface area (Å²) in [5.41, 5.74) is 14.1. The van der Waals surface area contributed by atoms with E-state index in [0.717, 1.165) is 41.2 Å². The molecular weight excluding hydrogens is 1110 g/mol. The summed E-state index contributed by atoms with van der Waals surface area (Å²) in [7, 11) is 0. The molecule has 0 bridgehead atoms. The number of aliphatic carboxylic acids is 3. The van der Waals surface area contributed by atoms with Crippen LogP contribution in [-0.4, -0.2) is 50.8 Å². The lowest BCUT2D eigenvalue weighted by molar-refractivity contribution is -0.138. The zero-order valence-electron chi connectivity index (χ0n) is 51.9. The molecule has 0 spiro atoms. The summed E-state index contributed by atoms with van der Waals surface area (Å²) in [6.07, 6.45) is 8.52. The van der Waals surface area contributed by atoms with Gasteiger partial charge in [-0.1, -0.05) is 248 Å². The van der Waals surface area contributed by atoms with Crippen molar-refractivity contribution in [2.45, 2.75) is 125 Å². The van der Waals surface area contributed by atoms with Crippen LogP contribution in [-0.2, 0) is 49.7 Å². The largest absolute Gasteiger partial charge is 0.481 e. The average molecular weight is 1200 g/mol. The second-order valence-electron chi connectivity index (χ2n) is 22.0. The molecule has 0 fully saturated rings. The highest BCUT2D eigenvalue weighted by atomic mass is 35.5. The molecule has 3 N–H and O–H groups in total. The van der Waals surface area contributed by atoms with Crippen molar-refractivity contribution in [2.75, 3.05) is 6.00 Å². The highest BCUT2D eigenvalue weighted by Gasteiger charge is 2.16. The van der Waals surface area contributed by atoms with Crippen molar-refractivity contribution in [2.24, 2.45) is 0 Å². The van der Waals surface area contributed by atoms with Gasteiger partial charge < -0.3 is 15.3 Å². The Hall–Kier alpha value is -9.23. The van der Waals surface area contributed by atoms with Gasteiger partial charge in [0.1, 0.15) is 11.6 Å². The molecule has 0 saturated carbocycles. The highest BCUT2D eigenvalue weighted by Crippen LogP contribution is 2.30. The monoisotopic (exact) mass is 1200 g/mol. The van der Waals surface area contributed by atoms with Crippen LogP contribution < -0.4 is 0 Å². The summed E-state index contributed by atoms with van der Waals surface area (Å²) in [6.45, 7) is 20.4. The number of aryl methyl sites for hydroxylation is 9. The van der Waals surface area contributed by atoms with Gasteiger partial charge in [0.25, 0.3) is 6.00 Å². The van der Waals surface area contributed by atoms with E-state index in [0.29, 0.717) is 50.1 Å². The van der Waals surface area contributed by atoms with Gasteiger partial charge >= 0.3 is 17.9 Å². The number of rotatable bonds is 20. The van der Waals surface area contributed by atoms with E-state index in [2.05, 4.69) is 166 Å². The van der Waals surface area contributed by atoms with Crippen LogP contribution >= 0.6 is 11.6 Å². The fourth-order valence-electron chi connectivity index (χ4n) is 9.95. The summed E-state index contributed by atoms with van der Waals surface area (Å²) in [6, 6.07) is 70.0. The van der Waals surface area contributed by atoms with E-state index < -0.39 is 17.9 Å². The second-order valence-corrected chi connectivity index (χ2v) is 22.3. The maximum absolute atomic E-state index is 12.4. The van der Waals surface area contributed by atoms with Gasteiger partial charge in [0.05, 0.1) is 0 Å². The van der Waals surface area contributed by atoms with E-state index in [-0.39, 0.29) is 30.7 Å². The van der Waals surface area contributed by atoms with Crippen molar-refractivity contribution in [3.63, 3.8) is 0 Å². The first-order valence-electron chi connectivity index (χ1n) is 29.7. The van der Waals surface area contributed by atoms with E-state index in [1.165, 1.54) is 66.1 Å². The van der Waals surface area contributed by atoms with E-state index in [9.17, 15) is 24.0 Å². The van der Waals surface area contributed by atoms with Gasteiger partial charge in [0.15, 0.2) is 0 Å². The minimum absolute atomic E-state index is 0.0833. The Bertz CT molecular complexity index is 3530. The van der Waals surface area contributed by atoms with E-state index >= 15 is 0 Å². The zero-order chi connectivity index (χ0) is 64.2. The van der Waals surface area contributed by atoms with Crippen molar-refractivity contribution in [1.82, 2.24) is 0 Å². The minimum Gasteiger partial charge on any atom is -0.481 e. The molecule has 456 valence electrons. The average Bonchev–Trinajstić information content (AvgIpc) is 3.64. The second kappa shape index (κ2) is 39.5. The van der Waals surface area contributed by atoms with Crippen LogP contribution in [0.2, 0.25) is 0 Å². The first-order chi connectivity index (χ1) is 42.2. The molecule has 0 amide bonds. The number of halogens is 1. The normalized spacial score (nSPS) is 11.0. The molecule has 0 unspecified atom stereocenters. The van der Waals surface area contributed by atoms with Crippen molar-refractivity contribution < 1.29 is 39.3 Å². The summed E-state index contributed by atoms with van der Waals surface area (Å²) in [4.78, 5) is 58.3. The Balaban J connectivity index is 0.000000241. The molecule has 9 aromatic rings. The van der Waals surface area contributed by atoms with Crippen LogP contribution in [0.5, 0.6) is 0 Å². The third-order valence-corrected chi connectivity index (χ3v) is 14.4. The number of carbonyl (C=O) groups is 5. The predicted octanol–water partition coefficient (Wildman–Crippen LogP) is 18.9. The Labute approximate surface area is 526 Å². The first kappa shape index (κ1) is 71.3. The molecule has 0 saturated heterocycles. The summed E-state index contributed by atoms with van der Waals surface area (Å²) < 4.78 is 0. The number of nitrogens with zero attached hydrogens (tertiary/aromatic N) is 1. The number of benzene rings is 9. The molecule has 9 nitrogen and oxygen atoms in total. The summed E-state index contributed by atoms with van der Waals surface area (Å²) >= 11 is 4.83. The van der Waals surface area contributed by atoms with Gasteiger partial charge in [0.2, 0.25) is 0 Å². The minimum atomic E-state index is -0.920. The number of hydrogen-bond donors (Lipinski definition) is 3. The highest BCUT2D eigenvalue weighted by molar-refractivity contribution is 6.18. The smallest absolute Gasteiger partial charge is 0.328 e. The number of fused-ring (bicyclic) bond motifs is 2. The van der Waals surface area contributed by atoms with E-state index in [1.807, 2.05) is 93.6 Å². The molecule has 0 aliphatic heterocycles. The summed E-state index contributed by atoms with van der Waals surface area (Å²) in [5, 5.41) is 30.3. The lowest BCUT2D eigenvalue weighted by atomic mass is 9.90. The van der Waals surface area contributed by atoms with Crippen molar-refractivity contribution in [3.05, 3.63) is 291 Å². The number of hydrogen-bond acceptors (Lipinski definition) is 5. The molecule has 0 aromatic heterocycles. The molecule has 0 heterocycles. The molecule has 9 rings (SSSR count). The number of Topliss-reactive ketones (excluding diaryl/α,β-unsaturated/α-hetero) is 2. The van der Waals surface area contributed by atoms with E-state index in [1.54, 1.807) is 6.08 Å². The van der Waals surface area contributed by atoms with Crippen LogP contribution in [0.15, 0.2) is 212 Å². The zero-order valence-corrected chi connectivity index (χ0v) is 52.7. The van der Waals surface area contributed by atoms with Gasteiger partial charge in [-0.15, -0.1) is 0 Å². The Morgan fingerprint density at radius 3 is 1.06 bits per heavy atom. The fraction of sp³-hybridized carbons (Fsp3) is 0.256. The topological polar surface area (TPSA) is 150 Å². The lowest BCUT2D eigenvalue weighted by Gasteiger charge is -2.14. The van der Waals surface area contributed by atoms with Crippen LogP contribution in [0.3, 0.4) is 0 Å². The molecule has 2 atom stereocenters. The first-order valence-corrected chi connectivity index (χ1v) is 30.3. The lowest BCUT2D eigenvalue weighted by Crippen LogP contribution is -2.06. The summed E-state index contributed by atoms with van der Waals surface area (Å²) in [5.74, 6) is -1.21. The maximum Gasteiger partial charge on any atom is 0.328 e. The van der Waals surface area contributed by atoms with Gasteiger partial charge in [-0.05, 0) is 150 Å². The SMILES string of the molecule is Cc1cccc(/C=C/C(=O)O)c1.Cc1cccc(CCC(=O)C[C@H](C)c2cccc3ccccc23)c1.Cc1cccc(CCC(=O)C[C@H](C)c2cccc3ccccc23)c1.Cc1cccc(CCC(=O)O)c1.Cc1cccc(CCC(=O)O)c1.[C-]#[N+]CCl. The molecular formula is C78H84ClNO8. The standard InChI is InChI=1S/2C23H24O.2C10H12O2.C10H10O2.C2H2ClN/c2*1-17-7-5-8-19(15-17)13-14-21(24)16-18(2)22-12-6-10-20-9-3-4-11-23(20)22;3*1-8-3-2-4-9(7-8)5-6-10(11)12;1-4-2-3/h2*3-12,15,18H,13-14,16H2,1-2H3;2*2-4,7H,5-6H2,1H3,(H,11,12);2-7H,1H3,(H,11,12);2H2/b;;;;6-5+;/t2*18-;;;;/m00..../s1. The maximum atomic E-state index is 12.4. The third kappa shape index (κ3) is 28.3. The Morgan fingerprint density at radius 1 is 0.432 bits per heavy atom. The number of alkyl halides is 1. The van der Waals surface area contributed by atoms with Crippen LogP contribution in [0.25, 0.3) is 32.5 Å². The molecule has 88 heavy (non-hydrogen) atoms. The predicted molar refractivity (Wildman–Crippen MR) is 362 cm³/mol. The van der Waals surface area contributed by atoms with Gasteiger partial charge in [-0.2, -0.15) is 0 Å². The van der Waals surface area contributed by atoms with Gasteiger partial charge in [0, 0.05) is 44.6 Å². The van der Waals surface area contributed by atoms with E-state index in [4.69, 9.17) is 33.5 Å². The Kier molecular flexibility index (Phi) is 32.0. The van der Waals surface area contributed by atoms with Crippen molar-refractivity contribution in [1.29, 1.82) is 0 Å². The fourth-order valence-corrected chi connectivity index (χ4v) is 9.95. The number of carbonyl (C=O) groups excluding carboxylic acids is 2. The number of ketones is 2. The molecule has 10 heteroatoms. The van der Waals surface area contributed by atoms with Gasteiger partial charge in [-0.3, -0.25) is 24.0 Å². The quantitative estimate of drug-likeness (QED) is 0.0295. The van der Waals surface area contributed by atoms with Crippen molar-refractivity contribution in [3.8, 4) is 0 Å². The molecule has 0 radical (unpaired) electrons. The molecule has 0 aliphatic rings. The van der Waals surface area contributed by atoms with Crippen LogP contribution in [0, 0.1) is 41.2 Å². The van der Waals surface area contributed by atoms with Crippen LogP contribution in [0.4, 0.5) is 0 Å². The number of carboxylic acid groups (broad SMARTS) is 3. The third-order valence-electron chi connectivity index (χ3n) is 14.3. The Morgan fingerprint density at radius 2 is 0.739 bits per heavy atom. The number of carboxylic acids is 3. The molecule has 0 aliphatic carbocycles. The van der Waals surface area contributed by atoms with Crippen molar-refractivity contribution >= 4 is 68.7 Å². The molecule has 9 aromatic carbocycles. The van der Waals surface area contributed by atoms with Gasteiger partial charge in [-0.25, -0.2) is 11.4 Å².